The molecule has 2 N–H and O–H groups in total. The number of rotatable bonds is 1. The molecule has 0 spiro atoms. The Morgan fingerprint density at radius 2 is 2.08 bits per heavy atom. The van der Waals surface area contributed by atoms with Gasteiger partial charge in [-0.1, -0.05) is 0 Å². The van der Waals surface area contributed by atoms with Crippen LogP contribution in [-0.4, -0.2) is 11.1 Å². The van der Waals surface area contributed by atoms with Gasteiger partial charge in [0.05, 0.1) is 5.56 Å². The Balaban J connectivity index is 2.62. The van der Waals surface area contributed by atoms with Crippen molar-refractivity contribution < 1.29 is 14.3 Å². The van der Waals surface area contributed by atoms with Gasteiger partial charge in [-0.25, -0.2) is 9.18 Å². The molecule has 1 aromatic rings. The lowest BCUT2D eigenvalue weighted by atomic mass is 10.0. The second-order valence-electron chi connectivity index (χ2n) is 2.96. The number of nitrogens with one attached hydrogen (secondary N) is 1. The fraction of sp³-hybridized carbons (Fsp3) is 0.222. The molecule has 0 atom stereocenters. The largest absolute Gasteiger partial charge is 0.478 e. The Kier molecular flexibility index (Phi) is 1.77. The van der Waals surface area contributed by atoms with Gasteiger partial charge >= 0.3 is 5.97 Å². The predicted octanol–water partition coefficient (Wildman–Crippen LogP) is 1.13. The summed E-state index contributed by atoms with van der Waals surface area (Å²) in [6.45, 7) is 0.858. The van der Waals surface area contributed by atoms with Crippen LogP contribution >= 0.6 is 0 Å². The van der Waals surface area contributed by atoms with Gasteiger partial charge in [0.25, 0.3) is 0 Å². The van der Waals surface area contributed by atoms with Crippen LogP contribution in [-0.2, 0) is 13.1 Å². The summed E-state index contributed by atoms with van der Waals surface area (Å²) in [5.41, 5.74) is 1.26. The minimum absolute atomic E-state index is 0.196. The summed E-state index contributed by atoms with van der Waals surface area (Å²) < 4.78 is 13.1. The first-order valence-electron chi connectivity index (χ1n) is 3.94. The highest BCUT2D eigenvalue weighted by Crippen LogP contribution is 2.22. The first-order chi connectivity index (χ1) is 6.20. The first kappa shape index (κ1) is 8.19. The maximum Gasteiger partial charge on any atom is 0.336 e. The van der Waals surface area contributed by atoms with E-state index in [1.807, 2.05) is 0 Å². The van der Waals surface area contributed by atoms with Crippen molar-refractivity contribution in [2.24, 2.45) is 0 Å². The molecule has 0 aromatic heterocycles. The Morgan fingerprint density at radius 1 is 1.38 bits per heavy atom. The number of halogens is 1. The molecule has 0 radical (unpaired) electrons. The van der Waals surface area contributed by atoms with Gasteiger partial charge in [-0.05, 0) is 17.7 Å². The van der Waals surface area contributed by atoms with Crippen LogP contribution in [0.4, 0.5) is 4.39 Å². The van der Waals surface area contributed by atoms with Crippen molar-refractivity contribution in [3.63, 3.8) is 0 Å². The molecule has 1 heterocycles. The number of carbonyl (C=O) groups is 1. The number of aromatic carboxylic acids is 1. The Bertz CT molecular complexity index is 376. The Morgan fingerprint density at radius 3 is 2.77 bits per heavy atom. The normalized spacial score (nSPS) is 14.2. The third-order valence-electron chi connectivity index (χ3n) is 2.21. The van der Waals surface area contributed by atoms with Gasteiger partial charge in [-0.15, -0.1) is 0 Å². The highest BCUT2D eigenvalue weighted by atomic mass is 19.1. The van der Waals surface area contributed by atoms with Crippen LogP contribution in [0.25, 0.3) is 0 Å². The van der Waals surface area contributed by atoms with Crippen molar-refractivity contribution in [3.8, 4) is 0 Å². The van der Waals surface area contributed by atoms with Crippen LogP contribution in [0.3, 0.4) is 0 Å². The Labute approximate surface area is 74.2 Å². The molecule has 0 saturated carbocycles. The van der Waals surface area contributed by atoms with E-state index < -0.39 is 5.97 Å². The van der Waals surface area contributed by atoms with Crippen molar-refractivity contribution in [3.05, 3.63) is 34.6 Å². The molecule has 13 heavy (non-hydrogen) atoms. The molecular weight excluding hydrogens is 173 g/mol. The van der Waals surface area contributed by atoms with E-state index in [1.165, 1.54) is 12.1 Å². The summed E-state index contributed by atoms with van der Waals surface area (Å²) in [6.07, 6.45) is 0. The van der Waals surface area contributed by atoms with E-state index in [0.29, 0.717) is 24.2 Å². The third-order valence-corrected chi connectivity index (χ3v) is 2.21. The molecule has 0 bridgehead atoms. The highest BCUT2D eigenvalue weighted by molar-refractivity contribution is 5.90. The van der Waals surface area contributed by atoms with Gasteiger partial charge < -0.3 is 10.4 Å². The molecule has 3 nitrogen and oxygen atoms in total. The summed E-state index contributed by atoms with van der Waals surface area (Å²) in [5, 5.41) is 11.7. The number of hydrogen-bond donors (Lipinski definition) is 2. The molecule has 0 fully saturated rings. The molecule has 4 heteroatoms. The van der Waals surface area contributed by atoms with E-state index in [0.717, 1.165) is 0 Å². The fourth-order valence-corrected chi connectivity index (χ4v) is 1.57. The van der Waals surface area contributed by atoms with Crippen LogP contribution < -0.4 is 5.32 Å². The quantitative estimate of drug-likeness (QED) is 0.682. The fourth-order valence-electron chi connectivity index (χ4n) is 1.57. The highest BCUT2D eigenvalue weighted by Gasteiger charge is 2.21. The lowest BCUT2D eigenvalue weighted by Crippen LogP contribution is -2.04. The van der Waals surface area contributed by atoms with E-state index in [1.54, 1.807) is 0 Å². The van der Waals surface area contributed by atoms with Crippen LogP contribution in [0.1, 0.15) is 21.5 Å². The van der Waals surface area contributed by atoms with Crippen LogP contribution in [0.15, 0.2) is 12.1 Å². The van der Waals surface area contributed by atoms with Gasteiger partial charge in [-0.2, -0.15) is 0 Å². The van der Waals surface area contributed by atoms with Crippen molar-refractivity contribution in [1.82, 2.24) is 5.32 Å². The van der Waals surface area contributed by atoms with Crippen molar-refractivity contribution in [2.45, 2.75) is 13.1 Å². The lowest BCUT2D eigenvalue weighted by Gasteiger charge is -2.03. The van der Waals surface area contributed by atoms with Crippen molar-refractivity contribution in [2.75, 3.05) is 0 Å². The molecule has 0 amide bonds. The zero-order valence-corrected chi connectivity index (χ0v) is 6.80. The first-order valence-corrected chi connectivity index (χ1v) is 3.94. The van der Waals surface area contributed by atoms with E-state index in [-0.39, 0.29) is 11.4 Å². The number of carboxylic acids is 1. The van der Waals surface area contributed by atoms with Crippen LogP contribution in [0.2, 0.25) is 0 Å². The van der Waals surface area contributed by atoms with Gasteiger partial charge in [0.2, 0.25) is 0 Å². The molecular formula is C9H8FNO2. The van der Waals surface area contributed by atoms with Gasteiger partial charge in [0, 0.05) is 18.7 Å². The Hall–Kier alpha value is -1.42. The summed E-state index contributed by atoms with van der Waals surface area (Å²) in [5.74, 6) is -1.33. The zero-order valence-electron chi connectivity index (χ0n) is 6.80. The minimum Gasteiger partial charge on any atom is -0.478 e. The van der Waals surface area contributed by atoms with Gasteiger partial charge in [-0.3, -0.25) is 0 Å². The maximum atomic E-state index is 13.1. The average molecular weight is 181 g/mol. The smallest absolute Gasteiger partial charge is 0.336 e. The number of fused-ring (bicyclic) bond motifs is 1. The second-order valence-corrected chi connectivity index (χ2v) is 2.96. The SMILES string of the molecule is O=C(O)c1ccc(F)c2c1CNC2. The number of hydrogen-bond acceptors (Lipinski definition) is 2. The summed E-state index contributed by atoms with van der Waals surface area (Å²) in [7, 11) is 0. The molecule has 1 aliphatic heterocycles. The van der Waals surface area contributed by atoms with Crippen molar-refractivity contribution >= 4 is 5.97 Å². The topological polar surface area (TPSA) is 49.3 Å². The van der Waals surface area contributed by atoms with E-state index >= 15 is 0 Å². The predicted molar refractivity (Wildman–Crippen MR) is 43.9 cm³/mol. The van der Waals surface area contributed by atoms with E-state index in [9.17, 15) is 9.18 Å². The van der Waals surface area contributed by atoms with Crippen LogP contribution in [0.5, 0.6) is 0 Å². The molecule has 1 aliphatic rings. The zero-order chi connectivity index (χ0) is 9.42. The van der Waals surface area contributed by atoms with E-state index in [4.69, 9.17) is 5.11 Å². The maximum absolute atomic E-state index is 13.1. The third kappa shape index (κ3) is 1.19. The van der Waals surface area contributed by atoms with E-state index in [2.05, 4.69) is 5.32 Å². The number of carboxylic acid groups (broad SMARTS) is 1. The lowest BCUT2D eigenvalue weighted by molar-refractivity contribution is 0.0695. The molecule has 68 valence electrons. The molecule has 0 aliphatic carbocycles. The summed E-state index contributed by atoms with van der Waals surface area (Å²) in [4.78, 5) is 10.7. The molecule has 0 saturated heterocycles. The molecule has 1 aromatic carbocycles. The number of benzene rings is 1. The van der Waals surface area contributed by atoms with Gasteiger partial charge in [0.15, 0.2) is 0 Å². The van der Waals surface area contributed by atoms with Crippen LogP contribution in [0, 0.1) is 5.82 Å². The summed E-state index contributed by atoms with van der Waals surface area (Å²) >= 11 is 0. The van der Waals surface area contributed by atoms with Crippen molar-refractivity contribution in [1.29, 1.82) is 0 Å². The minimum atomic E-state index is -1.00. The average Bonchev–Trinajstić information content (AvgIpc) is 2.53. The molecule has 0 unspecified atom stereocenters. The van der Waals surface area contributed by atoms with Gasteiger partial charge in [0.1, 0.15) is 5.82 Å². The second kappa shape index (κ2) is 2.81. The molecule has 2 rings (SSSR count). The monoisotopic (exact) mass is 181 g/mol. The standard InChI is InChI=1S/C9H8FNO2/c10-8-2-1-5(9(12)13)6-3-11-4-7(6)8/h1-2,11H,3-4H2,(H,12,13). The summed E-state index contributed by atoms with van der Waals surface area (Å²) in [6, 6.07) is 2.51.